The van der Waals surface area contributed by atoms with Gasteiger partial charge in [0, 0.05) is 36.5 Å². The fourth-order valence-electron chi connectivity index (χ4n) is 3.38. The van der Waals surface area contributed by atoms with E-state index in [-0.39, 0.29) is 23.8 Å². The van der Waals surface area contributed by atoms with E-state index in [0.717, 1.165) is 31.4 Å². The number of carbonyl (C=O) groups excluding carboxylic acids is 2. The van der Waals surface area contributed by atoms with Gasteiger partial charge in [0.2, 0.25) is 5.91 Å². The highest BCUT2D eigenvalue weighted by atomic mass is 16.2. The van der Waals surface area contributed by atoms with Crippen molar-refractivity contribution in [1.82, 2.24) is 10.2 Å². The zero-order chi connectivity index (χ0) is 16.1. The lowest BCUT2D eigenvalue weighted by Gasteiger charge is -2.20. The van der Waals surface area contributed by atoms with Crippen molar-refractivity contribution < 1.29 is 9.59 Å². The summed E-state index contributed by atoms with van der Waals surface area (Å²) < 4.78 is 0. The molecule has 1 aromatic carbocycles. The molecule has 1 aliphatic heterocycles. The van der Waals surface area contributed by atoms with Gasteiger partial charge in [-0.1, -0.05) is 37.0 Å². The average Bonchev–Trinajstić information content (AvgIpc) is 3.25. The monoisotopic (exact) mass is 310 g/mol. The largest absolute Gasteiger partial charge is 0.341 e. The Morgan fingerprint density at radius 3 is 2.57 bits per heavy atom. The molecule has 0 bridgehead atoms. The maximum Gasteiger partial charge on any atom is 0.296 e. The number of carbonyl (C=O) groups is 2. The van der Waals surface area contributed by atoms with Crippen LogP contribution in [0.5, 0.6) is 0 Å². The first-order valence-corrected chi connectivity index (χ1v) is 8.39. The number of likely N-dealkylation sites (tertiary alicyclic amines) is 1. The Morgan fingerprint density at radius 1 is 1.09 bits per heavy atom. The van der Waals surface area contributed by atoms with Crippen molar-refractivity contribution in [2.75, 3.05) is 13.1 Å². The average molecular weight is 310 g/mol. The summed E-state index contributed by atoms with van der Waals surface area (Å²) in [6.45, 7) is 1.36. The third-order valence-corrected chi connectivity index (χ3v) is 4.63. The summed E-state index contributed by atoms with van der Waals surface area (Å²) in [6.07, 6.45) is 5.19. The van der Waals surface area contributed by atoms with Crippen LogP contribution in [0.4, 0.5) is 0 Å². The van der Waals surface area contributed by atoms with Gasteiger partial charge in [-0.3, -0.25) is 9.59 Å². The van der Waals surface area contributed by atoms with E-state index in [1.54, 1.807) is 0 Å². The standard InChI is InChI=1S/C19H22N2O2/c22-18(11-10-15-6-2-1-3-7-15)20-17-12-13-21(14-17)19(23)16-8-4-5-9-16/h1-3,6-7,16-17H,4-5,8-9,12-14H2,(H,20,22)/t17-/m1/s1. The Hall–Kier alpha value is -2.28. The topological polar surface area (TPSA) is 49.4 Å². The van der Waals surface area contributed by atoms with Gasteiger partial charge in [0.05, 0.1) is 0 Å². The van der Waals surface area contributed by atoms with Gasteiger partial charge in [-0.15, -0.1) is 0 Å². The van der Waals surface area contributed by atoms with Crippen LogP contribution in [0.2, 0.25) is 0 Å². The molecular weight excluding hydrogens is 288 g/mol. The number of nitrogens with one attached hydrogen (secondary N) is 1. The molecule has 1 saturated carbocycles. The third kappa shape index (κ3) is 4.13. The Labute approximate surface area is 137 Å². The first-order chi connectivity index (χ1) is 11.2. The molecule has 2 amide bonds. The minimum atomic E-state index is -0.269. The fourth-order valence-corrected chi connectivity index (χ4v) is 3.38. The van der Waals surface area contributed by atoms with Gasteiger partial charge >= 0.3 is 0 Å². The van der Waals surface area contributed by atoms with Gasteiger partial charge in [0.1, 0.15) is 0 Å². The SMILES string of the molecule is O=C(C#Cc1ccccc1)N[C@@H]1CCN(C(=O)C2CCCC2)C1. The van der Waals surface area contributed by atoms with Crippen LogP contribution >= 0.6 is 0 Å². The molecule has 1 aromatic rings. The van der Waals surface area contributed by atoms with Crippen LogP contribution in [-0.4, -0.2) is 35.8 Å². The molecule has 1 atom stereocenters. The highest BCUT2D eigenvalue weighted by Gasteiger charge is 2.32. The Balaban J connectivity index is 1.49. The van der Waals surface area contributed by atoms with Crippen LogP contribution in [0.3, 0.4) is 0 Å². The molecule has 2 aliphatic rings. The molecule has 1 heterocycles. The van der Waals surface area contributed by atoms with E-state index in [2.05, 4.69) is 17.2 Å². The molecule has 0 unspecified atom stereocenters. The summed E-state index contributed by atoms with van der Waals surface area (Å²) in [7, 11) is 0. The maximum absolute atomic E-state index is 12.4. The highest BCUT2D eigenvalue weighted by molar-refractivity contribution is 5.94. The van der Waals surface area contributed by atoms with Crippen molar-refractivity contribution in [2.24, 2.45) is 5.92 Å². The number of benzene rings is 1. The summed E-state index contributed by atoms with van der Waals surface area (Å²) in [6, 6.07) is 9.48. The van der Waals surface area contributed by atoms with Crippen LogP contribution < -0.4 is 5.32 Å². The minimum absolute atomic E-state index is 0.0259. The summed E-state index contributed by atoms with van der Waals surface area (Å²) in [5, 5.41) is 2.92. The minimum Gasteiger partial charge on any atom is -0.341 e. The van der Waals surface area contributed by atoms with Crippen molar-refractivity contribution in [3.8, 4) is 11.8 Å². The molecule has 1 aliphatic carbocycles. The number of rotatable bonds is 2. The summed E-state index contributed by atoms with van der Waals surface area (Å²) in [5.41, 5.74) is 0.826. The second kappa shape index (κ2) is 7.32. The molecule has 4 nitrogen and oxygen atoms in total. The molecule has 1 N–H and O–H groups in total. The van der Waals surface area contributed by atoms with Gasteiger partial charge in [-0.25, -0.2) is 0 Å². The van der Waals surface area contributed by atoms with E-state index >= 15 is 0 Å². The van der Waals surface area contributed by atoms with Crippen LogP contribution in [0.1, 0.15) is 37.7 Å². The van der Waals surface area contributed by atoms with Crippen LogP contribution in [0.25, 0.3) is 0 Å². The van der Waals surface area contributed by atoms with Gasteiger partial charge in [-0.2, -0.15) is 0 Å². The predicted octanol–water partition coefficient (Wildman–Crippen LogP) is 1.95. The van der Waals surface area contributed by atoms with Crippen molar-refractivity contribution in [3.05, 3.63) is 35.9 Å². The van der Waals surface area contributed by atoms with Crippen LogP contribution in [0, 0.1) is 17.8 Å². The van der Waals surface area contributed by atoms with Crippen molar-refractivity contribution in [3.63, 3.8) is 0 Å². The van der Waals surface area contributed by atoms with Crippen LogP contribution in [0.15, 0.2) is 30.3 Å². The number of hydrogen-bond donors (Lipinski definition) is 1. The summed E-state index contributed by atoms with van der Waals surface area (Å²) >= 11 is 0. The first kappa shape index (κ1) is 15.6. The van der Waals surface area contributed by atoms with E-state index in [1.807, 2.05) is 35.2 Å². The Morgan fingerprint density at radius 2 is 1.83 bits per heavy atom. The lowest BCUT2D eigenvalue weighted by molar-refractivity contribution is -0.134. The second-order valence-electron chi connectivity index (χ2n) is 6.34. The van der Waals surface area contributed by atoms with Crippen molar-refractivity contribution >= 4 is 11.8 Å². The van der Waals surface area contributed by atoms with Crippen LogP contribution in [-0.2, 0) is 9.59 Å². The van der Waals surface area contributed by atoms with E-state index in [4.69, 9.17) is 0 Å². The van der Waals surface area contributed by atoms with Gasteiger partial charge < -0.3 is 10.2 Å². The number of hydrogen-bond acceptors (Lipinski definition) is 2. The smallest absolute Gasteiger partial charge is 0.296 e. The molecule has 120 valence electrons. The maximum atomic E-state index is 12.4. The Kier molecular flexibility index (Phi) is 4.97. The Bertz CT molecular complexity index is 624. The lowest BCUT2D eigenvalue weighted by Crippen LogP contribution is -2.39. The van der Waals surface area contributed by atoms with Crippen molar-refractivity contribution in [2.45, 2.75) is 38.1 Å². The fraction of sp³-hybridized carbons (Fsp3) is 0.474. The highest BCUT2D eigenvalue weighted by Crippen LogP contribution is 2.27. The van der Waals surface area contributed by atoms with Crippen molar-refractivity contribution in [1.29, 1.82) is 0 Å². The predicted molar refractivity (Wildman–Crippen MR) is 88.4 cm³/mol. The van der Waals surface area contributed by atoms with E-state index in [9.17, 15) is 9.59 Å². The van der Waals surface area contributed by atoms with E-state index < -0.39 is 0 Å². The zero-order valence-corrected chi connectivity index (χ0v) is 13.3. The van der Waals surface area contributed by atoms with E-state index in [0.29, 0.717) is 6.54 Å². The van der Waals surface area contributed by atoms with Gasteiger partial charge in [0.25, 0.3) is 5.91 Å². The van der Waals surface area contributed by atoms with Gasteiger partial charge in [-0.05, 0) is 31.4 Å². The third-order valence-electron chi connectivity index (χ3n) is 4.63. The normalized spacial score (nSPS) is 20.9. The van der Waals surface area contributed by atoms with Gasteiger partial charge in [0.15, 0.2) is 0 Å². The molecule has 3 rings (SSSR count). The second-order valence-corrected chi connectivity index (χ2v) is 6.34. The summed E-state index contributed by atoms with van der Waals surface area (Å²) in [4.78, 5) is 26.2. The molecule has 1 saturated heterocycles. The molecule has 23 heavy (non-hydrogen) atoms. The number of amides is 2. The van der Waals surface area contributed by atoms with E-state index in [1.165, 1.54) is 12.8 Å². The molecule has 0 spiro atoms. The number of nitrogens with zero attached hydrogens (tertiary/aromatic N) is 1. The quantitative estimate of drug-likeness (QED) is 0.849. The molecule has 2 fully saturated rings. The lowest BCUT2D eigenvalue weighted by atomic mass is 10.1. The molecule has 4 heteroatoms. The summed E-state index contributed by atoms with van der Waals surface area (Å²) in [5.74, 6) is 5.69. The molecule has 0 aromatic heterocycles. The zero-order valence-electron chi connectivity index (χ0n) is 13.3. The molecule has 0 radical (unpaired) electrons. The molecular formula is C19H22N2O2. The first-order valence-electron chi connectivity index (χ1n) is 8.39.